The van der Waals surface area contributed by atoms with Gasteiger partial charge in [0.15, 0.2) is 0 Å². The SMILES string of the molecule is CC(=O)N[C@@H](c1nccs1)C1CCN(C(=O)CCc2ccccc2)CC1. The number of nitrogens with one attached hydrogen (secondary N) is 1. The lowest BCUT2D eigenvalue weighted by molar-refractivity contribution is -0.133. The minimum atomic E-state index is -0.0472. The third-order valence-corrected chi connectivity index (χ3v) is 5.77. The van der Waals surface area contributed by atoms with Gasteiger partial charge < -0.3 is 10.2 Å². The molecule has 1 N–H and O–H groups in total. The number of piperidine rings is 1. The first-order chi connectivity index (χ1) is 12.6. The van der Waals surface area contributed by atoms with Crippen molar-refractivity contribution in [1.29, 1.82) is 0 Å². The maximum atomic E-state index is 12.5. The van der Waals surface area contributed by atoms with Gasteiger partial charge in [-0.25, -0.2) is 4.98 Å². The fraction of sp³-hybridized carbons (Fsp3) is 0.450. The van der Waals surface area contributed by atoms with Crippen LogP contribution in [-0.4, -0.2) is 34.8 Å². The molecule has 5 nitrogen and oxygen atoms in total. The van der Waals surface area contributed by atoms with E-state index in [2.05, 4.69) is 22.4 Å². The lowest BCUT2D eigenvalue weighted by Gasteiger charge is -2.35. The lowest BCUT2D eigenvalue weighted by Crippen LogP contribution is -2.42. The second kappa shape index (κ2) is 8.94. The molecule has 1 atom stereocenters. The van der Waals surface area contributed by atoms with Crippen LogP contribution in [-0.2, 0) is 16.0 Å². The monoisotopic (exact) mass is 371 g/mol. The Balaban J connectivity index is 1.52. The molecule has 0 bridgehead atoms. The number of amides is 2. The Morgan fingerprint density at radius 3 is 2.62 bits per heavy atom. The largest absolute Gasteiger partial charge is 0.347 e. The topological polar surface area (TPSA) is 62.3 Å². The summed E-state index contributed by atoms with van der Waals surface area (Å²) < 4.78 is 0. The van der Waals surface area contributed by atoms with Gasteiger partial charge in [-0.2, -0.15) is 0 Å². The van der Waals surface area contributed by atoms with E-state index in [0.717, 1.165) is 37.4 Å². The number of carbonyl (C=O) groups is 2. The standard InChI is InChI=1S/C20H25N3O2S/c1-15(24)22-19(20-21-11-14-26-20)17-9-12-23(13-10-17)18(25)8-7-16-5-3-2-4-6-16/h2-6,11,14,17,19H,7-10,12-13H2,1H3,(H,22,24)/t19-/m1/s1. The Labute approximate surface area is 158 Å². The number of aryl methyl sites for hydroxylation is 1. The van der Waals surface area contributed by atoms with Crippen LogP contribution in [0.4, 0.5) is 0 Å². The van der Waals surface area contributed by atoms with Crippen LogP contribution in [0, 0.1) is 5.92 Å². The van der Waals surface area contributed by atoms with Crippen LogP contribution >= 0.6 is 11.3 Å². The summed E-state index contributed by atoms with van der Waals surface area (Å²) in [7, 11) is 0. The summed E-state index contributed by atoms with van der Waals surface area (Å²) in [6, 6.07) is 10.1. The van der Waals surface area contributed by atoms with Crippen molar-refractivity contribution in [2.24, 2.45) is 5.92 Å². The summed E-state index contributed by atoms with van der Waals surface area (Å²) in [5.41, 5.74) is 1.20. The normalized spacial score (nSPS) is 16.3. The van der Waals surface area contributed by atoms with Crippen molar-refractivity contribution < 1.29 is 9.59 Å². The number of aromatic nitrogens is 1. The molecule has 2 aromatic rings. The lowest BCUT2D eigenvalue weighted by atomic mass is 9.89. The van der Waals surface area contributed by atoms with Gasteiger partial charge in [0.2, 0.25) is 11.8 Å². The maximum Gasteiger partial charge on any atom is 0.222 e. The number of rotatable bonds is 6. The molecule has 2 amide bonds. The highest BCUT2D eigenvalue weighted by atomic mass is 32.1. The van der Waals surface area contributed by atoms with Crippen LogP contribution in [0.2, 0.25) is 0 Å². The molecule has 1 aromatic carbocycles. The highest BCUT2D eigenvalue weighted by Gasteiger charge is 2.31. The van der Waals surface area contributed by atoms with E-state index in [-0.39, 0.29) is 17.9 Å². The highest BCUT2D eigenvalue weighted by Crippen LogP contribution is 2.32. The molecule has 0 aliphatic carbocycles. The van der Waals surface area contributed by atoms with Crippen LogP contribution in [0.3, 0.4) is 0 Å². The van der Waals surface area contributed by atoms with Gasteiger partial charge in [-0.1, -0.05) is 30.3 Å². The zero-order chi connectivity index (χ0) is 18.4. The van der Waals surface area contributed by atoms with E-state index in [1.807, 2.05) is 28.5 Å². The first kappa shape index (κ1) is 18.6. The van der Waals surface area contributed by atoms with Crippen LogP contribution < -0.4 is 5.32 Å². The summed E-state index contributed by atoms with van der Waals surface area (Å²) in [6.45, 7) is 3.04. The summed E-state index contributed by atoms with van der Waals surface area (Å²) in [4.78, 5) is 30.4. The van der Waals surface area contributed by atoms with Gasteiger partial charge in [0.1, 0.15) is 5.01 Å². The first-order valence-corrected chi connectivity index (χ1v) is 9.99. The van der Waals surface area contributed by atoms with Crippen molar-refractivity contribution in [3.63, 3.8) is 0 Å². The van der Waals surface area contributed by atoms with E-state index in [1.165, 1.54) is 5.56 Å². The predicted molar refractivity (Wildman–Crippen MR) is 103 cm³/mol. The molecular formula is C20H25N3O2S. The first-order valence-electron chi connectivity index (χ1n) is 9.11. The van der Waals surface area contributed by atoms with Crippen molar-refractivity contribution in [3.05, 3.63) is 52.5 Å². The molecule has 3 rings (SSSR count). The molecule has 138 valence electrons. The Kier molecular flexibility index (Phi) is 6.39. The van der Waals surface area contributed by atoms with Crippen molar-refractivity contribution in [2.75, 3.05) is 13.1 Å². The van der Waals surface area contributed by atoms with Gasteiger partial charge in [0.25, 0.3) is 0 Å². The number of thiazole rings is 1. The Morgan fingerprint density at radius 1 is 1.27 bits per heavy atom. The molecule has 0 spiro atoms. The summed E-state index contributed by atoms with van der Waals surface area (Å²) in [6.07, 6.45) is 4.89. The fourth-order valence-corrected chi connectivity index (χ4v) is 4.31. The van der Waals surface area contributed by atoms with E-state index >= 15 is 0 Å². The highest BCUT2D eigenvalue weighted by molar-refractivity contribution is 7.09. The molecule has 0 saturated carbocycles. The van der Waals surface area contributed by atoms with Gasteiger partial charge in [0, 0.05) is 38.0 Å². The van der Waals surface area contributed by atoms with E-state index in [9.17, 15) is 9.59 Å². The molecule has 1 saturated heterocycles. The van der Waals surface area contributed by atoms with Crippen LogP contribution in [0.5, 0.6) is 0 Å². The van der Waals surface area contributed by atoms with Gasteiger partial charge in [-0.3, -0.25) is 9.59 Å². The molecule has 1 aliphatic heterocycles. The number of likely N-dealkylation sites (tertiary alicyclic amines) is 1. The predicted octanol–water partition coefficient (Wildman–Crippen LogP) is 3.19. The molecule has 1 aliphatic rings. The number of nitrogens with zero attached hydrogens (tertiary/aromatic N) is 2. The third kappa shape index (κ3) is 4.91. The van der Waals surface area contributed by atoms with Crippen molar-refractivity contribution in [1.82, 2.24) is 15.2 Å². The third-order valence-electron chi connectivity index (χ3n) is 4.91. The quantitative estimate of drug-likeness (QED) is 0.848. The Morgan fingerprint density at radius 2 is 2.00 bits per heavy atom. The molecular weight excluding hydrogens is 346 g/mol. The molecule has 26 heavy (non-hydrogen) atoms. The molecule has 0 radical (unpaired) electrons. The maximum absolute atomic E-state index is 12.5. The van der Waals surface area contributed by atoms with Crippen LogP contribution in [0.1, 0.15) is 42.8 Å². The zero-order valence-corrected chi connectivity index (χ0v) is 15.9. The van der Waals surface area contributed by atoms with Crippen molar-refractivity contribution in [2.45, 2.75) is 38.6 Å². The summed E-state index contributed by atoms with van der Waals surface area (Å²) >= 11 is 1.57. The molecule has 0 unspecified atom stereocenters. The Hall–Kier alpha value is -2.21. The van der Waals surface area contributed by atoms with Gasteiger partial charge in [0.05, 0.1) is 6.04 Å². The number of hydrogen-bond donors (Lipinski definition) is 1. The average Bonchev–Trinajstić information content (AvgIpc) is 3.19. The van der Waals surface area contributed by atoms with E-state index < -0.39 is 0 Å². The van der Waals surface area contributed by atoms with Crippen molar-refractivity contribution in [3.8, 4) is 0 Å². The molecule has 1 aromatic heterocycles. The zero-order valence-electron chi connectivity index (χ0n) is 15.1. The second-order valence-electron chi connectivity index (χ2n) is 6.75. The second-order valence-corrected chi connectivity index (χ2v) is 7.68. The van der Waals surface area contributed by atoms with Gasteiger partial charge in [-0.05, 0) is 30.7 Å². The fourth-order valence-electron chi connectivity index (χ4n) is 3.52. The number of hydrogen-bond acceptors (Lipinski definition) is 4. The van der Waals surface area contributed by atoms with E-state index in [1.54, 1.807) is 24.5 Å². The van der Waals surface area contributed by atoms with Crippen LogP contribution in [0.25, 0.3) is 0 Å². The van der Waals surface area contributed by atoms with E-state index in [4.69, 9.17) is 0 Å². The molecule has 6 heteroatoms. The Bertz CT molecular complexity index is 710. The minimum Gasteiger partial charge on any atom is -0.347 e. The number of benzene rings is 1. The summed E-state index contributed by atoms with van der Waals surface area (Å²) in [5, 5.41) is 5.94. The summed E-state index contributed by atoms with van der Waals surface area (Å²) in [5.74, 6) is 0.507. The average molecular weight is 372 g/mol. The van der Waals surface area contributed by atoms with Crippen molar-refractivity contribution >= 4 is 23.2 Å². The van der Waals surface area contributed by atoms with Gasteiger partial charge >= 0.3 is 0 Å². The smallest absolute Gasteiger partial charge is 0.222 e. The van der Waals surface area contributed by atoms with E-state index in [0.29, 0.717) is 12.3 Å². The van der Waals surface area contributed by atoms with Gasteiger partial charge in [-0.15, -0.1) is 11.3 Å². The number of carbonyl (C=O) groups excluding carboxylic acids is 2. The van der Waals surface area contributed by atoms with Crippen LogP contribution in [0.15, 0.2) is 41.9 Å². The molecule has 1 fully saturated rings. The minimum absolute atomic E-state index is 0.0356. The molecule has 2 heterocycles.